The van der Waals surface area contributed by atoms with Gasteiger partial charge in [0.25, 0.3) is 0 Å². The minimum atomic E-state index is -0.0709. The lowest BCUT2D eigenvalue weighted by molar-refractivity contribution is 0.660. The molecule has 1 heteroatoms. The molecule has 0 N–H and O–H groups in total. The molecule has 7 aromatic carbocycles. The van der Waals surface area contributed by atoms with E-state index in [0.29, 0.717) is 0 Å². The summed E-state index contributed by atoms with van der Waals surface area (Å²) in [6.07, 6.45) is 5.00. The molecule has 9 rings (SSSR count). The molecule has 0 amide bonds. The Morgan fingerprint density at radius 3 is 1.96 bits per heavy atom. The zero-order valence-electron chi connectivity index (χ0n) is 28.6. The summed E-state index contributed by atoms with van der Waals surface area (Å²) in [4.78, 5) is 2.45. The van der Waals surface area contributed by atoms with Crippen LogP contribution in [0, 0.1) is 6.92 Å². The largest absolute Gasteiger partial charge is 0.310 e. The van der Waals surface area contributed by atoms with Gasteiger partial charge in [-0.1, -0.05) is 123 Å². The molecular weight excluding hydrogens is 591 g/mol. The average Bonchev–Trinajstić information content (AvgIpc) is 3.37. The molecule has 0 aliphatic heterocycles. The van der Waals surface area contributed by atoms with Gasteiger partial charge >= 0.3 is 0 Å². The second kappa shape index (κ2) is 11.6. The molecule has 0 fully saturated rings. The SMILES string of the molecule is Cc1cc2c(cc1N(c1ccc(-c3ccc(-c4cccc5c4CCCC5)cc3)cc1)c1ccc3ccccc3c1)C(C)(C)c1ccccc1-2. The minimum Gasteiger partial charge on any atom is -0.310 e. The minimum absolute atomic E-state index is 0.0709. The van der Waals surface area contributed by atoms with Gasteiger partial charge in [-0.2, -0.15) is 0 Å². The van der Waals surface area contributed by atoms with E-state index in [1.807, 2.05) is 0 Å². The van der Waals surface area contributed by atoms with Gasteiger partial charge in [-0.25, -0.2) is 0 Å². The molecule has 0 heterocycles. The van der Waals surface area contributed by atoms with Crippen molar-refractivity contribution in [3.63, 3.8) is 0 Å². The second-order valence-electron chi connectivity index (χ2n) is 14.5. The smallest absolute Gasteiger partial charge is 0.0494 e. The fourth-order valence-corrected chi connectivity index (χ4v) is 8.53. The van der Waals surface area contributed by atoms with Gasteiger partial charge < -0.3 is 4.90 Å². The van der Waals surface area contributed by atoms with Gasteiger partial charge in [0.1, 0.15) is 0 Å². The van der Waals surface area contributed by atoms with Gasteiger partial charge in [-0.15, -0.1) is 0 Å². The lowest BCUT2D eigenvalue weighted by Crippen LogP contribution is -2.17. The van der Waals surface area contributed by atoms with Crippen molar-refractivity contribution in [2.75, 3.05) is 4.90 Å². The van der Waals surface area contributed by atoms with Crippen LogP contribution in [0.4, 0.5) is 17.1 Å². The fourth-order valence-electron chi connectivity index (χ4n) is 8.53. The second-order valence-corrected chi connectivity index (χ2v) is 14.5. The normalized spacial score (nSPS) is 14.3. The molecular formula is C48H41N. The van der Waals surface area contributed by atoms with Gasteiger partial charge in [-0.05, 0) is 141 Å². The maximum absolute atomic E-state index is 2.45. The van der Waals surface area contributed by atoms with Crippen molar-refractivity contribution >= 4 is 27.8 Å². The number of benzene rings is 7. The van der Waals surface area contributed by atoms with Crippen LogP contribution >= 0.6 is 0 Å². The van der Waals surface area contributed by atoms with Gasteiger partial charge in [0, 0.05) is 22.5 Å². The van der Waals surface area contributed by atoms with E-state index in [4.69, 9.17) is 0 Å². The number of hydrogen-bond acceptors (Lipinski definition) is 1. The van der Waals surface area contributed by atoms with Crippen molar-refractivity contribution in [1.82, 2.24) is 0 Å². The summed E-state index contributed by atoms with van der Waals surface area (Å²) in [5, 5.41) is 2.50. The van der Waals surface area contributed by atoms with E-state index < -0.39 is 0 Å². The maximum atomic E-state index is 2.45. The predicted molar refractivity (Wildman–Crippen MR) is 208 cm³/mol. The molecule has 0 atom stereocenters. The van der Waals surface area contributed by atoms with Crippen molar-refractivity contribution in [3.8, 4) is 33.4 Å². The first-order chi connectivity index (χ1) is 24.0. The number of rotatable bonds is 5. The van der Waals surface area contributed by atoms with Crippen LogP contribution < -0.4 is 4.90 Å². The van der Waals surface area contributed by atoms with E-state index in [0.717, 1.165) is 5.69 Å². The zero-order valence-corrected chi connectivity index (χ0v) is 28.6. The van der Waals surface area contributed by atoms with Gasteiger partial charge in [-0.3, -0.25) is 0 Å². The molecule has 0 saturated carbocycles. The number of fused-ring (bicyclic) bond motifs is 5. The predicted octanol–water partition coefficient (Wildman–Crippen LogP) is 13.1. The molecule has 0 spiro atoms. The molecule has 2 aliphatic rings. The molecule has 7 aromatic rings. The molecule has 1 nitrogen and oxygen atoms in total. The van der Waals surface area contributed by atoms with E-state index >= 15 is 0 Å². The highest BCUT2D eigenvalue weighted by Gasteiger charge is 2.36. The van der Waals surface area contributed by atoms with E-state index in [1.165, 1.54) is 103 Å². The average molecular weight is 632 g/mol. The fraction of sp³-hybridized carbons (Fsp3) is 0.167. The Bertz CT molecular complexity index is 2360. The summed E-state index contributed by atoms with van der Waals surface area (Å²) in [5.74, 6) is 0. The topological polar surface area (TPSA) is 3.24 Å². The highest BCUT2D eigenvalue weighted by atomic mass is 15.1. The van der Waals surface area contributed by atoms with Crippen LogP contribution in [0.1, 0.15) is 54.5 Å². The quantitative estimate of drug-likeness (QED) is 0.183. The summed E-state index contributed by atoms with van der Waals surface area (Å²) in [6, 6.07) is 54.5. The highest BCUT2D eigenvalue weighted by molar-refractivity contribution is 5.92. The van der Waals surface area contributed by atoms with Gasteiger partial charge in [0.2, 0.25) is 0 Å². The van der Waals surface area contributed by atoms with E-state index in [-0.39, 0.29) is 5.41 Å². The van der Waals surface area contributed by atoms with Crippen molar-refractivity contribution in [3.05, 3.63) is 173 Å². The van der Waals surface area contributed by atoms with E-state index in [1.54, 1.807) is 5.56 Å². The number of anilines is 3. The third kappa shape index (κ3) is 4.99. The Morgan fingerprint density at radius 1 is 0.490 bits per heavy atom. The number of nitrogens with zero attached hydrogens (tertiary/aromatic N) is 1. The standard InChI is InChI=1S/C48H41N/c1-32-29-44-43-16-8-9-18-45(43)48(2,3)46(44)31-47(32)49(40-28-25-33-11-4-5-13-38(33)30-40)39-26-23-35(24-27-39)34-19-21-37(22-20-34)42-17-10-14-36-12-6-7-15-41(36)42/h4-5,8-11,13-14,16-31H,6-7,12,15H2,1-3H3. The van der Waals surface area contributed by atoms with Crippen molar-refractivity contribution in [2.24, 2.45) is 0 Å². The molecule has 0 aromatic heterocycles. The van der Waals surface area contributed by atoms with Crippen LogP contribution in [0.2, 0.25) is 0 Å². The van der Waals surface area contributed by atoms with E-state index in [2.05, 4.69) is 171 Å². The first kappa shape index (κ1) is 29.7. The first-order valence-electron chi connectivity index (χ1n) is 17.8. The number of aryl methyl sites for hydroxylation is 2. The lowest BCUT2D eigenvalue weighted by atomic mass is 9.82. The van der Waals surface area contributed by atoms with Crippen LogP contribution in [-0.2, 0) is 18.3 Å². The van der Waals surface area contributed by atoms with Crippen LogP contribution in [0.15, 0.2) is 146 Å². The maximum Gasteiger partial charge on any atom is 0.0494 e. The Kier molecular flexibility index (Phi) is 7.06. The zero-order chi connectivity index (χ0) is 33.1. The van der Waals surface area contributed by atoms with Crippen LogP contribution in [-0.4, -0.2) is 0 Å². The summed E-state index contributed by atoms with van der Waals surface area (Å²) in [6.45, 7) is 6.99. The first-order valence-corrected chi connectivity index (χ1v) is 17.8. The van der Waals surface area contributed by atoms with Crippen molar-refractivity contribution in [1.29, 1.82) is 0 Å². The van der Waals surface area contributed by atoms with Crippen molar-refractivity contribution < 1.29 is 0 Å². The summed E-state index contributed by atoms with van der Waals surface area (Å²) >= 11 is 0. The van der Waals surface area contributed by atoms with E-state index in [9.17, 15) is 0 Å². The van der Waals surface area contributed by atoms with Crippen molar-refractivity contribution in [2.45, 2.75) is 51.9 Å². The Hall–Kier alpha value is -5.40. The molecule has 0 unspecified atom stereocenters. The molecule has 2 aliphatic carbocycles. The van der Waals surface area contributed by atoms with Crippen LogP contribution in [0.5, 0.6) is 0 Å². The van der Waals surface area contributed by atoms with Gasteiger partial charge in [0.15, 0.2) is 0 Å². The van der Waals surface area contributed by atoms with Crippen LogP contribution in [0.3, 0.4) is 0 Å². The molecule has 0 radical (unpaired) electrons. The third-order valence-electron chi connectivity index (χ3n) is 11.2. The Morgan fingerprint density at radius 2 is 1.14 bits per heavy atom. The lowest BCUT2D eigenvalue weighted by Gasteiger charge is -2.30. The Balaban J connectivity index is 1.12. The van der Waals surface area contributed by atoms with Crippen LogP contribution in [0.25, 0.3) is 44.2 Å². The molecule has 0 bridgehead atoms. The molecule has 238 valence electrons. The summed E-state index contributed by atoms with van der Waals surface area (Å²) < 4.78 is 0. The molecule has 49 heavy (non-hydrogen) atoms. The highest BCUT2D eigenvalue weighted by Crippen LogP contribution is 2.51. The molecule has 0 saturated heterocycles. The monoisotopic (exact) mass is 631 g/mol. The summed E-state index contributed by atoms with van der Waals surface area (Å²) in [7, 11) is 0. The number of hydrogen-bond donors (Lipinski definition) is 0. The summed E-state index contributed by atoms with van der Waals surface area (Å²) in [5.41, 5.74) is 18.5. The van der Waals surface area contributed by atoms with Gasteiger partial charge in [0.05, 0.1) is 0 Å². The Labute approximate surface area is 290 Å². The third-order valence-corrected chi connectivity index (χ3v) is 11.2.